The van der Waals surface area contributed by atoms with Crippen LogP contribution in [0.4, 0.5) is 0 Å². The number of ether oxygens (including phenoxy) is 1. The van der Waals surface area contributed by atoms with Crippen molar-refractivity contribution in [2.75, 3.05) is 13.2 Å². The third kappa shape index (κ3) is 71.2. The van der Waals surface area contributed by atoms with Crippen molar-refractivity contribution in [1.29, 1.82) is 0 Å². The maximum Gasteiger partial charge on any atom is 0.305 e. The SMILES string of the molecule is CCCCCCCCCCCCCCCCCCCCCCC/C=C/C(O)C(CO)NC(=O)CCCCCCCCCCCCCCCCCCC/C=C\C/C=C\CCCCCCCCCCCOC(=O)CCCCCCCCCCCCCCC. The van der Waals surface area contributed by atoms with Crippen LogP contribution in [0, 0.1) is 0 Å². The van der Waals surface area contributed by atoms with Gasteiger partial charge in [-0.15, -0.1) is 0 Å². The van der Waals surface area contributed by atoms with Crippen LogP contribution in [0.15, 0.2) is 36.5 Å². The molecule has 0 aliphatic rings. The van der Waals surface area contributed by atoms with E-state index in [1.165, 1.54) is 366 Å². The fraction of sp³-hybridized carbons (Fsp3) is 0.900. The van der Waals surface area contributed by atoms with Crippen LogP contribution in [0.3, 0.4) is 0 Å². The topological polar surface area (TPSA) is 95.9 Å². The van der Waals surface area contributed by atoms with Gasteiger partial charge in [0, 0.05) is 12.8 Å². The minimum Gasteiger partial charge on any atom is -0.466 e. The molecule has 0 aromatic carbocycles. The van der Waals surface area contributed by atoms with Crippen molar-refractivity contribution in [3.63, 3.8) is 0 Å². The van der Waals surface area contributed by atoms with Gasteiger partial charge in [-0.05, 0) is 64.2 Å². The smallest absolute Gasteiger partial charge is 0.305 e. The number of carbonyl (C=O) groups is 2. The molecule has 0 heterocycles. The average molecular weight is 1210 g/mol. The van der Waals surface area contributed by atoms with Gasteiger partial charge in [0.1, 0.15) is 0 Å². The summed E-state index contributed by atoms with van der Waals surface area (Å²) in [5, 5.41) is 23.3. The molecule has 0 aliphatic carbocycles. The molecule has 0 bridgehead atoms. The lowest BCUT2D eigenvalue weighted by Gasteiger charge is -2.20. The zero-order chi connectivity index (χ0) is 62.0. The first-order valence-corrected chi connectivity index (χ1v) is 39.3. The quantitative estimate of drug-likeness (QED) is 0.0320. The highest BCUT2D eigenvalue weighted by atomic mass is 16.5. The Kier molecular flexibility index (Phi) is 73.9. The van der Waals surface area contributed by atoms with Crippen LogP contribution < -0.4 is 5.32 Å². The van der Waals surface area contributed by atoms with Gasteiger partial charge in [0.2, 0.25) is 5.91 Å². The van der Waals surface area contributed by atoms with Crippen LogP contribution >= 0.6 is 0 Å². The molecule has 0 saturated carbocycles. The first-order chi connectivity index (χ1) is 42.5. The molecule has 1 amide bonds. The second-order valence-corrected chi connectivity index (χ2v) is 27.0. The van der Waals surface area contributed by atoms with Gasteiger partial charge in [-0.1, -0.05) is 397 Å². The Morgan fingerprint density at radius 2 is 0.581 bits per heavy atom. The molecule has 0 radical (unpaired) electrons. The number of allylic oxidation sites excluding steroid dienone is 5. The van der Waals surface area contributed by atoms with E-state index in [2.05, 4.69) is 43.5 Å². The summed E-state index contributed by atoms with van der Waals surface area (Å²) in [5.41, 5.74) is 0. The number of aliphatic hydroxyl groups excluding tert-OH is 2. The Labute approximate surface area is 538 Å². The predicted octanol–water partition coefficient (Wildman–Crippen LogP) is 25.8. The maximum atomic E-state index is 12.5. The lowest BCUT2D eigenvalue weighted by Crippen LogP contribution is -2.45. The molecule has 6 heteroatoms. The molecule has 0 spiro atoms. The summed E-state index contributed by atoms with van der Waals surface area (Å²) in [5.74, 6) is -0.0452. The van der Waals surface area contributed by atoms with Gasteiger partial charge in [-0.3, -0.25) is 9.59 Å². The number of unbranched alkanes of at least 4 members (excludes halogenated alkanes) is 59. The molecule has 3 N–H and O–H groups in total. The van der Waals surface area contributed by atoms with Crippen molar-refractivity contribution in [2.45, 2.75) is 450 Å². The highest BCUT2D eigenvalue weighted by Gasteiger charge is 2.18. The Balaban J connectivity index is 3.40. The van der Waals surface area contributed by atoms with E-state index in [-0.39, 0.29) is 18.5 Å². The van der Waals surface area contributed by atoms with Crippen molar-refractivity contribution in [1.82, 2.24) is 5.32 Å². The van der Waals surface area contributed by atoms with Crippen LogP contribution in [-0.4, -0.2) is 47.4 Å². The van der Waals surface area contributed by atoms with Crippen LogP contribution in [0.5, 0.6) is 0 Å². The highest BCUT2D eigenvalue weighted by molar-refractivity contribution is 5.76. The molecular formula is C80H153NO5. The number of amides is 1. The second-order valence-electron chi connectivity index (χ2n) is 27.0. The van der Waals surface area contributed by atoms with Gasteiger partial charge in [0.05, 0.1) is 25.4 Å². The molecule has 0 aromatic rings. The van der Waals surface area contributed by atoms with Crippen molar-refractivity contribution < 1.29 is 24.5 Å². The molecule has 2 atom stereocenters. The largest absolute Gasteiger partial charge is 0.466 e. The van der Waals surface area contributed by atoms with E-state index in [4.69, 9.17) is 4.74 Å². The molecule has 0 fully saturated rings. The molecule has 0 rings (SSSR count). The van der Waals surface area contributed by atoms with Gasteiger partial charge >= 0.3 is 5.97 Å². The summed E-state index contributed by atoms with van der Waals surface area (Å²) in [6, 6.07) is -0.628. The Bertz CT molecular complexity index is 1390. The van der Waals surface area contributed by atoms with Gasteiger partial charge in [0.15, 0.2) is 0 Å². The summed E-state index contributed by atoms with van der Waals surface area (Å²) in [4.78, 5) is 24.6. The molecule has 6 nitrogen and oxygen atoms in total. The van der Waals surface area contributed by atoms with E-state index < -0.39 is 12.1 Å². The summed E-state index contributed by atoms with van der Waals surface area (Å²) in [6.07, 6.45) is 98.3. The van der Waals surface area contributed by atoms with Gasteiger partial charge in [-0.2, -0.15) is 0 Å². The summed E-state index contributed by atoms with van der Waals surface area (Å²) in [6.45, 7) is 4.95. The van der Waals surface area contributed by atoms with Crippen LogP contribution in [0.25, 0.3) is 0 Å². The van der Waals surface area contributed by atoms with E-state index in [0.29, 0.717) is 19.4 Å². The van der Waals surface area contributed by atoms with E-state index in [0.717, 1.165) is 44.9 Å². The van der Waals surface area contributed by atoms with Gasteiger partial charge < -0.3 is 20.3 Å². The van der Waals surface area contributed by atoms with E-state index in [1.54, 1.807) is 6.08 Å². The van der Waals surface area contributed by atoms with Gasteiger partial charge in [-0.25, -0.2) is 0 Å². The van der Waals surface area contributed by atoms with Crippen molar-refractivity contribution in [3.8, 4) is 0 Å². The number of aliphatic hydroxyl groups is 2. The molecular weight excluding hydrogens is 1050 g/mol. The third-order valence-electron chi connectivity index (χ3n) is 18.4. The number of hydrogen-bond acceptors (Lipinski definition) is 5. The normalized spacial score (nSPS) is 12.7. The Morgan fingerprint density at radius 1 is 0.326 bits per heavy atom. The van der Waals surface area contributed by atoms with E-state index in [1.807, 2.05) is 6.08 Å². The lowest BCUT2D eigenvalue weighted by atomic mass is 10.0. The maximum absolute atomic E-state index is 12.5. The Morgan fingerprint density at radius 3 is 0.884 bits per heavy atom. The van der Waals surface area contributed by atoms with Crippen LogP contribution in [-0.2, 0) is 14.3 Å². The van der Waals surface area contributed by atoms with E-state index >= 15 is 0 Å². The molecule has 86 heavy (non-hydrogen) atoms. The fourth-order valence-corrected chi connectivity index (χ4v) is 12.4. The highest BCUT2D eigenvalue weighted by Crippen LogP contribution is 2.19. The van der Waals surface area contributed by atoms with Crippen LogP contribution in [0.1, 0.15) is 438 Å². The first-order valence-electron chi connectivity index (χ1n) is 39.3. The number of hydrogen-bond donors (Lipinski definition) is 3. The molecule has 508 valence electrons. The summed E-state index contributed by atoms with van der Waals surface area (Å²) in [7, 11) is 0. The fourth-order valence-electron chi connectivity index (χ4n) is 12.4. The number of nitrogens with one attached hydrogen (secondary N) is 1. The molecule has 2 unspecified atom stereocenters. The second kappa shape index (κ2) is 75.5. The van der Waals surface area contributed by atoms with Crippen LogP contribution in [0.2, 0.25) is 0 Å². The van der Waals surface area contributed by atoms with Gasteiger partial charge in [0.25, 0.3) is 0 Å². The standard InChI is InChI=1S/C80H153NO5/c1-3-5-7-9-11-13-15-17-18-19-20-21-33-36-39-42-45-49-52-56-60-64-68-72-78(83)77(76-82)81-79(84)73-69-65-61-57-53-50-46-43-40-37-34-31-29-27-25-23-22-24-26-28-30-32-35-38-41-44-47-51-55-59-63-67-71-75-86-80(85)74-70-66-62-58-54-48-16-14-12-10-8-6-4-2/h26,28,32,35,68,72,77-78,82-83H,3-25,27,29-31,33-34,36-67,69-71,73-76H2,1-2H3,(H,81,84)/b28-26-,35-32-,72-68+. The van der Waals surface area contributed by atoms with E-state index in [9.17, 15) is 19.8 Å². The monoisotopic (exact) mass is 1210 g/mol. The number of esters is 1. The summed E-state index contributed by atoms with van der Waals surface area (Å²) < 4.78 is 5.49. The minimum atomic E-state index is -0.845. The zero-order valence-electron chi connectivity index (χ0n) is 58.3. The average Bonchev–Trinajstić information content (AvgIpc) is 3.57. The number of rotatable bonds is 74. The molecule has 0 aliphatic heterocycles. The first kappa shape index (κ1) is 84.1. The molecule has 0 saturated heterocycles. The predicted molar refractivity (Wildman–Crippen MR) is 379 cm³/mol. The zero-order valence-corrected chi connectivity index (χ0v) is 58.3. The van der Waals surface area contributed by atoms with Crippen molar-refractivity contribution in [3.05, 3.63) is 36.5 Å². The lowest BCUT2D eigenvalue weighted by molar-refractivity contribution is -0.143. The van der Waals surface area contributed by atoms with Crippen molar-refractivity contribution in [2.24, 2.45) is 0 Å². The summed E-state index contributed by atoms with van der Waals surface area (Å²) >= 11 is 0. The minimum absolute atomic E-state index is 0.0161. The van der Waals surface area contributed by atoms with Crippen molar-refractivity contribution >= 4 is 11.9 Å². The third-order valence-corrected chi connectivity index (χ3v) is 18.4. The molecule has 0 aromatic heterocycles. The number of carbonyl (C=O) groups excluding carboxylic acids is 2. The Hall–Kier alpha value is -1.92.